The van der Waals surface area contributed by atoms with Gasteiger partial charge in [-0.25, -0.2) is 14.3 Å². The number of aryl methyl sites for hydroxylation is 1. The third-order valence-corrected chi connectivity index (χ3v) is 9.33. The molecule has 0 saturated carbocycles. The average Bonchev–Trinajstić information content (AvgIpc) is 3.54. The van der Waals surface area contributed by atoms with E-state index in [4.69, 9.17) is 24.5 Å². The number of carboxylic acid groups (broad SMARTS) is 1. The standard InChI is InChI=1S/C31H39N5O4S/c1-18(2)29-33-19(3)27(41-29)23-16-32-36-24(21-12-13-35(30(37)38)25(14-21)31(4,5)6)15-26(34-28(23)36)40-17-20-8-10-22(39-7)11-9-20/h8-11,15-16,18,21,25H,12-14,17H2,1-7H3,(H,37,38). The van der Waals surface area contributed by atoms with Gasteiger partial charge in [0.25, 0.3) is 0 Å². The Morgan fingerprint density at radius 3 is 2.54 bits per heavy atom. The second kappa shape index (κ2) is 11.3. The highest BCUT2D eigenvalue weighted by Gasteiger charge is 2.40. The zero-order valence-corrected chi connectivity index (χ0v) is 25.7. The second-order valence-corrected chi connectivity index (χ2v) is 13.2. The molecule has 1 fully saturated rings. The fourth-order valence-electron chi connectivity index (χ4n) is 5.56. The summed E-state index contributed by atoms with van der Waals surface area (Å²) in [5.74, 6) is 1.73. The van der Waals surface area contributed by atoms with Crippen molar-refractivity contribution >= 4 is 23.1 Å². The molecule has 0 aliphatic carbocycles. The molecule has 0 bridgehead atoms. The van der Waals surface area contributed by atoms with Crippen molar-refractivity contribution < 1.29 is 19.4 Å². The molecule has 3 aromatic heterocycles. The Kier molecular flexibility index (Phi) is 7.96. The Hall–Kier alpha value is -3.66. The number of likely N-dealkylation sites (tertiary alicyclic amines) is 1. The van der Waals surface area contributed by atoms with Crippen molar-refractivity contribution in [1.29, 1.82) is 0 Å². The summed E-state index contributed by atoms with van der Waals surface area (Å²) in [5, 5.41) is 15.8. The first-order valence-corrected chi connectivity index (χ1v) is 14.9. The van der Waals surface area contributed by atoms with Gasteiger partial charge in [0, 0.05) is 30.5 Å². The van der Waals surface area contributed by atoms with Crippen LogP contribution in [0.25, 0.3) is 16.1 Å². The first-order chi connectivity index (χ1) is 19.5. The van der Waals surface area contributed by atoms with Crippen molar-refractivity contribution in [2.75, 3.05) is 13.7 Å². The van der Waals surface area contributed by atoms with Gasteiger partial charge in [-0.15, -0.1) is 11.3 Å². The van der Waals surface area contributed by atoms with Crippen LogP contribution in [0.2, 0.25) is 0 Å². The maximum absolute atomic E-state index is 12.1. The molecule has 41 heavy (non-hydrogen) atoms. The van der Waals surface area contributed by atoms with E-state index in [1.165, 1.54) is 0 Å². The minimum atomic E-state index is -0.866. The van der Waals surface area contributed by atoms with Crippen LogP contribution < -0.4 is 9.47 Å². The molecule has 0 spiro atoms. The Balaban J connectivity index is 1.57. The second-order valence-electron chi connectivity index (χ2n) is 12.2. The lowest BCUT2D eigenvalue weighted by Crippen LogP contribution is -2.51. The molecule has 1 aliphatic rings. The van der Waals surface area contributed by atoms with Crippen molar-refractivity contribution in [3.8, 4) is 22.1 Å². The van der Waals surface area contributed by atoms with E-state index in [9.17, 15) is 9.90 Å². The fourth-order valence-corrected chi connectivity index (χ4v) is 6.64. The van der Waals surface area contributed by atoms with E-state index in [1.807, 2.05) is 48.0 Å². The predicted octanol–water partition coefficient (Wildman–Crippen LogP) is 7.14. The zero-order valence-electron chi connectivity index (χ0n) is 24.8. The molecule has 218 valence electrons. The van der Waals surface area contributed by atoms with E-state index >= 15 is 0 Å². The number of carbonyl (C=O) groups is 1. The topological polar surface area (TPSA) is 102 Å². The molecule has 4 heterocycles. The minimum absolute atomic E-state index is 0.0881. The number of hydrogen-bond acceptors (Lipinski definition) is 7. The monoisotopic (exact) mass is 577 g/mol. The molecule has 2 unspecified atom stereocenters. The molecular formula is C31H39N5O4S. The van der Waals surface area contributed by atoms with Crippen LogP contribution in [0.1, 0.15) is 81.3 Å². The molecule has 1 aromatic carbocycles. The maximum atomic E-state index is 12.1. The van der Waals surface area contributed by atoms with Crippen LogP contribution in [-0.4, -0.2) is 55.4 Å². The molecule has 1 saturated heterocycles. The summed E-state index contributed by atoms with van der Waals surface area (Å²) in [6.07, 6.45) is 2.40. The van der Waals surface area contributed by atoms with Gasteiger partial charge in [-0.2, -0.15) is 10.1 Å². The van der Waals surface area contributed by atoms with Gasteiger partial charge in [-0.1, -0.05) is 46.8 Å². The highest BCUT2D eigenvalue weighted by Crippen LogP contribution is 2.41. The minimum Gasteiger partial charge on any atom is -0.497 e. The van der Waals surface area contributed by atoms with Gasteiger partial charge in [0.05, 0.1) is 40.1 Å². The molecule has 1 amide bonds. The Morgan fingerprint density at radius 1 is 1.20 bits per heavy atom. The summed E-state index contributed by atoms with van der Waals surface area (Å²) in [6.45, 7) is 13.5. The van der Waals surface area contributed by atoms with Gasteiger partial charge in [0.15, 0.2) is 5.65 Å². The van der Waals surface area contributed by atoms with E-state index in [2.05, 4.69) is 34.6 Å². The van der Waals surface area contributed by atoms with Gasteiger partial charge < -0.3 is 19.5 Å². The van der Waals surface area contributed by atoms with Gasteiger partial charge in [-0.05, 0) is 42.9 Å². The number of piperidine rings is 1. The number of rotatable bonds is 7. The lowest BCUT2D eigenvalue weighted by Gasteiger charge is -2.44. The first-order valence-electron chi connectivity index (χ1n) is 14.1. The molecule has 4 aromatic rings. The van der Waals surface area contributed by atoms with Crippen molar-refractivity contribution in [3.63, 3.8) is 0 Å². The number of hydrogen-bond donors (Lipinski definition) is 1. The van der Waals surface area contributed by atoms with Gasteiger partial charge in [0.2, 0.25) is 5.88 Å². The first kappa shape index (κ1) is 28.9. The molecule has 9 nitrogen and oxygen atoms in total. The molecular weight excluding hydrogens is 538 g/mol. The van der Waals surface area contributed by atoms with Gasteiger partial charge in [-0.3, -0.25) is 0 Å². The smallest absolute Gasteiger partial charge is 0.407 e. The summed E-state index contributed by atoms with van der Waals surface area (Å²) in [5.41, 5.74) is 4.39. The number of thiazole rings is 1. The third-order valence-electron chi connectivity index (χ3n) is 7.84. The fraction of sp³-hybridized carbons (Fsp3) is 0.484. The largest absolute Gasteiger partial charge is 0.497 e. The average molecular weight is 578 g/mol. The van der Waals surface area contributed by atoms with Crippen molar-refractivity contribution in [2.45, 2.75) is 78.9 Å². The van der Waals surface area contributed by atoms with Crippen LogP contribution in [0.15, 0.2) is 36.5 Å². The van der Waals surface area contributed by atoms with E-state index in [0.29, 0.717) is 37.8 Å². The van der Waals surface area contributed by atoms with E-state index < -0.39 is 6.09 Å². The normalized spacial score (nSPS) is 17.8. The van der Waals surface area contributed by atoms with Crippen LogP contribution in [0, 0.1) is 12.3 Å². The molecule has 10 heteroatoms. The highest BCUT2D eigenvalue weighted by atomic mass is 32.1. The Morgan fingerprint density at radius 2 is 1.93 bits per heavy atom. The van der Waals surface area contributed by atoms with Crippen molar-refractivity contribution in [1.82, 2.24) is 24.5 Å². The van der Waals surface area contributed by atoms with Crippen LogP contribution >= 0.6 is 11.3 Å². The lowest BCUT2D eigenvalue weighted by atomic mass is 9.76. The zero-order chi connectivity index (χ0) is 29.5. The highest BCUT2D eigenvalue weighted by molar-refractivity contribution is 7.15. The van der Waals surface area contributed by atoms with Gasteiger partial charge >= 0.3 is 6.09 Å². The molecule has 2 atom stereocenters. The number of methoxy groups -OCH3 is 1. The summed E-state index contributed by atoms with van der Waals surface area (Å²) >= 11 is 1.68. The Bertz CT molecular complexity index is 1540. The number of amides is 1. The van der Waals surface area contributed by atoms with Crippen LogP contribution in [0.4, 0.5) is 4.79 Å². The van der Waals surface area contributed by atoms with E-state index in [1.54, 1.807) is 23.3 Å². The Labute approximate surface area is 245 Å². The van der Waals surface area contributed by atoms with Gasteiger partial charge in [0.1, 0.15) is 12.4 Å². The van der Waals surface area contributed by atoms with Crippen LogP contribution in [-0.2, 0) is 6.61 Å². The van der Waals surface area contributed by atoms with E-state index in [-0.39, 0.29) is 17.4 Å². The number of aromatic nitrogens is 4. The number of ether oxygens (including phenoxy) is 2. The predicted molar refractivity (Wildman–Crippen MR) is 160 cm³/mol. The quantitative estimate of drug-likeness (QED) is 0.249. The molecule has 5 rings (SSSR count). The molecule has 0 radical (unpaired) electrons. The molecule has 1 aliphatic heterocycles. The number of fused-ring (bicyclic) bond motifs is 1. The summed E-state index contributed by atoms with van der Waals surface area (Å²) in [6, 6.07) is 9.64. The summed E-state index contributed by atoms with van der Waals surface area (Å²) in [4.78, 5) is 24.5. The third kappa shape index (κ3) is 5.88. The van der Waals surface area contributed by atoms with Crippen molar-refractivity contribution in [3.05, 3.63) is 58.5 Å². The van der Waals surface area contributed by atoms with E-state index in [0.717, 1.165) is 43.8 Å². The number of benzene rings is 1. The van der Waals surface area contributed by atoms with Crippen molar-refractivity contribution in [2.24, 2.45) is 5.41 Å². The maximum Gasteiger partial charge on any atom is 0.407 e. The molecule has 1 N–H and O–H groups in total. The SMILES string of the molecule is COc1ccc(COc2cc(C3CCN(C(=O)O)C(C(C)(C)C)C3)n3ncc(-c4sc(C(C)C)nc4C)c3n2)cc1. The lowest BCUT2D eigenvalue weighted by molar-refractivity contribution is 0.0518. The summed E-state index contributed by atoms with van der Waals surface area (Å²) < 4.78 is 13.5. The van der Waals surface area contributed by atoms with Crippen LogP contribution in [0.3, 0.4) is 0 Å². The van der Waals surface area contributed by atoms with Crippen LogP contribution in [0.5, 0.6) is 11.6 Å². The summed E-state index contributed by atoms with van der Waals surface area (Å²) in [7, 11) is 1.65. The number of nitrogens with zero attached hydrogens (tertiary/aromatic N) is 5.